The van der Waals surface area contributed by atoms with Gasteiger partial charge in [0.25, 0.3) is 0 Å². The summed E-state index contributed by atoms with van der Waals surface area (Å²) in [5, 5.41) is 0.810. The maximum absolute atomic E-state index is 5.99. The van der Waals surface area contributed by atoms with Crippen LogP contribution in [0.2, 0.25) is 5.02 Å². The lowest BCUT2D eigenvalue weighted by Gasteiger charge is -2.01. The van der Waals surface area contributed by atoms with Crippen molar-refractivity contribution in [2.24, 2.45) is 0 Å². The summed E-state index contributed by atoms with van der Waals surface area (Å²) in [4.78, 5) is 0. The van der Waals surface area contributed by atoms with Crippen molar-refractivity contribution < 1.29 is 0 Å². The summed E-state index contributed by atoms with van der Waals surface area (Å²) in [6.45, 7) is 0. The molecule has 1 heteroatoms. The maximum atomic E-state index is 5.99. The van der Waals surface area contributed by atoms with Crippen LogP contribution in [-0.4, -0.2) is 0 Å². The van der Waals surface area contributed by atoms with Crippen LogP contribution in [0.4, 0.5) is 0 Å². The Morgan fingerprint density at radius 3 is 2.56 bits per heavy atom. The van der Waals surface area contributed by atoms with Gasteiger partial charge in [-0.2, -0.15) is 0 Å². The first-order chi connectivity index (χ1) is 7.83. The third-order valence-corrected chi connectivity index (χ3v) is 3.20. The van der Waals surface area contributed by atoms with Crippen molar-refractivity contribution in [1.82, 2.24) is 0 Å². The summed E-state index contributed by atoms with van der Waals surface area (Å²) >= 11 is 5.99. The van der Waals surface area contributed by atoms with Gasteiger partial charge in [0.05, 0.1) is 0 Å². The number of halogens is 1. The third kappa shape index (κ3) is 1.66. The fraction of sp³-hybridized carbons (Fsp3) is 0.0667. The minimum Gasteiger partial charge on any atom is -0.0843 e. The zero-order chi connectivity index (χ0) is 11.0. The second-order valence-corrected chi connectivity index (χ2v) is 4.49. The summed E-state index contributed by atoms with van der Waals surface area (Å²) in [5.74, 6) is 0. The quantitative estimate of drug-likeness (QED) is 0.675. The van der Waals surface area contributed by atoms with Crippen LogP contribution >= 0.6 is 11.6 Å². The van der Waals surface area contributed by atoms with Crippen molar-refractivity contribution >= 4 is 23.3 Å². The SMILES string of the molecule is Clc1ccc2c(c1)C=C(c1ccccc1)C2. The minimum absolute atomic E-state index is 0.810. The van der Waals surface area contributed by atoms with Gasteiger partial charge in [-0.1, -0.05) is 54.1 Å². The smallest absolute Gasteiger partial charge is 0.0412 e. The summed E-state index contributed by atoms with van der Waals surface area (Å²) in [6.07, 6.45) is 3.24. The van der Waals surface area contributed by atoms with Gasteiger partial charge in [0, 0.05) is 5.02 Å². The molecule has 0 nitrogen and oxygen atoms in total. The van der Waals surface area contributed by atoms with E-state index in [2.05, 4.69) is 36.4 Å². The van der Waals surface area contributed by atoms with Crippen LogP contribution < -0.4 is 0 Å². The lowest BCUT2D eigenvalue weighted by atomic mass is 10.0. The van der Waals surface area contributed by atoms with Crippen LogP contribution in [-0.2, 0) is 6.42 Å². The van der Waals surface area contributed by atoms with Gasteiger partial charge in [-0.25, -0.2) is 0 Å². The molecular weight excluding hydrogens is 216 g/mol. The number of hydrogen-bond donors (Lipinski definition) is 0. The summed E-state index contributed by atoms with van der Waals surface area (Å²) < 4.78 is 0. The molecule has 0 aromatic heterocycles. The Bertz CT molecular complexity index is 553. The zero-order valence-corrected chi connectivity index (χ0v) is 9.54. The number of allylic oxidation sites excluding steroid dienone is 1. The molecule has 78 valence electrons. The first-order valence-corrected chi connectivity index (χ1v) is 5.75. The van der Waals surface area contributed by atoms with Crippen LogP contribution in [0, 0.1) is 0 Å². The molecule has 0 spiro atoms. The van der Waals surface area contributed by atoms with E-state index in [0.29, 0.717) is 0 Å². The highest BCUT2D eigenvalue weighted by Crippen LogP contribution is 2.32. The van der Waals surface area contributed by atoms with Crippen LogP contribution in [0.3, 0.4) is 0 Å². The van der Waals surface area contributed by atoms with Crippen molar-refractivity contribution in [3.05, 3.63) is 70.2 Å². The normalized spacial score (nSPS) is 13.4. The van der Waals surface area contributed by atoms with Gasteiger partial charge in [0.2, 0.25) is 0 Å². The van der Waals surface area contributed by atoms with Gasteiger partial charge in [-0.3, -0.25) is 0 Å². The van der Waals surface area contributed by atoms with Crippen molar-refractivity contribution in [3.63, 3.8) is 0 Å². The van der Waals surface area contributed by atoms with Crippen molar-refractivity contribution in [2.75, 3.05) is 0 Å². The molecule has 2 aromatic carbocycles. The van der Waals surface area contributed by atoms with E-state index in [0.717, 1.165) is 11.4 Å². The van der Waals surface area contributed by atoms with E-state index in [1.165, 1.54) is 22.3 Å². The number of benzene rings is 2. The average molecular weight is 227 g/mol. The topological polar surface area (TPSA) is 0 Å². The monoisotopic (exact) mass is 226 g/mol. The van der Waals surface area contributed by atoms with Gasteiger partial charge < -0.3 is 0 Å². The molecule has 2 aromatic rings. The van der Waals surface area contributed by atoms with Gasteiger partial charge in [0.15, 0.2) is 0 Å². The zero-order valence-electron chi connectivity index (χ0n) is 8.78. The Morgan fingerprint density at radius 2 is 1.75 bits per heavy atom. The van der Waals surface area contributed by atoms with Crippen molar-refractivity contribution in [1.29, 1.82) is 0 Å². The van der Waals surface area contributed by atoms with Crippen LogP contribution in [0.5, 0.6) is 0 Å². The predicted octanol–water partition coefficient (Wildman–Crippen LogP) is 4.44. The van der Waals surface area contributed by atoms with E-state index < -0.39 is 0 Å². The lowest BCUT2D eigenvalue weighted by molar-refractivity contribution is 1.32. The average Bonchev–Trinajstić information content (AvgIpc) is 2.73. The van der Waals surface area contributed by atoms with E-state index in [1.807, 2.05) is 18.2 Å². The molecule has 0 heterocycles. The van der Waals surface area contributed by atoms with E-state index in [4.69, 9.17) is 11.6 Å². The molecule has 1 aliphatic carbocycles. The summed E-state index contributed by atoms with van der Waals surface area (Å²) in [7, 11) is 0. The van der Waals surface area contributed by atoms with Crippen molar-refractivity contribution in [2.45, 2.75) is 6.42 Å². The molecule has 0 saturated heterocycles. The van der Waals surface area contributed by atoms with Gasteiger partial charge >= 0.3 is 0 Å². The van der Waals surface area contributed by atoms with E-state index in [-0.39, 0.29) is 0 Å². The second-order valence-electron chi connectivity index (χ2n) is 4.06. The van der Waals surface area contributed by atoms with Crippen molar-refractivity contribution in [3.8, 4) is 0 Å². The molecule has 16 heavy (non-hydrogen) atoms. The summed E-state index contributed by atoms with van der Waals surface area (Å²) in [5.41, 5.74) is 5.29. The highest BCUT2D eigenvalue weighted by molar-refractivity contribution is 6.30. The summed E-state index contributed by atoms with van der Waals surface area (Å²) in [6, 6.07) is 16.6. The molecule has 0 N–H and O–H groups in total. The Balaban J connectivity index is 2.02. The molecule has 0 saturated carbocycles. The molecule has 0 unspecified atom stereocenters. The van der Waals surface area contributed by atoms with Gasteiger partial charge in [-0.05, 0) is 40.8 Å². The van der Waals surface area contributed by atoms with E-state index in [9.17, 15) is 0 Å². The Kier molecular flexibility index (Phi) is 2.30. The molecule has 1 aliphatic rings. The van der Waals surface area contributed by atoms with Gasteiger partial charge in [0.1, 0.15) is 0 Å². The molecule has 0 aliphatic heterocycles. The van der Waals surface area contributed by atoms with E-state index >= 15 is 0 Å². The van der Waals surface area contributed by atoms with Crippen LogP contribution in [0.15, 0.2) is 48.5 Å². The molecule has 3 rings (SSSR count). The molecule has 0 fully saturated rings. The van der Waals surface area contributed by atoms with Gasteiger partial charge in [-0.15, -0.1) is 0 Å². The Morgan fingerprint density at radius 1 is 0.938 bits per heavy atom. The molecule has 0 amide bonds. The van der Waals surface area contributed by atoms with Crippen LogP contribution in [0.25, 0.3) is 11.6 Å². The largest absolute Gasteiger partial charge is 0.0843 e. The standard InChI is InChI=1S/C15H11Cl/c16-15-7-6-12-8-13(9-14(12)10-15)11-4-2-1-3-5-11/h1-7,9-10H,8H2. The lowest BCUT2D eigenvalue weighted by Crippen LogP contribution is -1.84. The fourth-order valence-corrected chi connectivity index (χ4v) is 2.32. The molecule has 0 radical (unpaired) electrons. The van der Waals surface area contributed by atoms with E-state index in [1.54, 1.807) is 0 Å². The highest BCUT2D eigenvalue weighted by atomic mass is 35.5. The first kappa shape index (κ1) is 9.68. The Labute approximate surface area is 100 Å². The minimum atomic E-state index is 0.810. The Hall–Kier alpha value is -1.53. The molecule has 0 atom stereocenters. The second kappa shape index (κ2) is 3.80. The number of hydrogen-bond acceptors (Lipinski definition) is 0. The highest BCUT2D eigenvalue weighted by Gasteiger charge is 2.13. The van der Waals surface area contributed by atoms with Crippen LogP contribution in [0.1, 0.15) is 16.7 Å². The first-order valence-electron chi connectivity index (χ1n) is 5.37. The fourth-order valence-electron chi connectivity index (χ4n) is 2.14. The predicted molar refractivity (Wildman–Crippen MR) is 69.5 cm³/mol. The number of rotatable bonds is 1. The maximum Gasteiger partial charge on any atom is 0.0412 e. The third-order valence-electron chi connectivity index (χ3n) is 2.96. The molecule has 0 bridgehead atoms. The molecular formula is C15H11Cl. The number of fused-ring (bicyclic) bond motifs is 1.